The van der Waals surface area contributed by atoms with Crippen molar-refractivity contribution in [1.82, 2.24) is 4.98 Å². The maximum Gasteiger partial charge on any atom is 0.326 e. The van der Waals surface area contributed by atoms with Crippen molar-refractivity contribution in [1.29, 1.82) is 0 Å². The molecule has 1 aromatic heterocycles. The second-order valence-electron chi connectivity index (χ2n) is 5.91. The number of para-hydroxylation sites is 1. The predicted molar refractivity (Wildman–Crippen MR) is 100 cm³/mol. The van der Waals surface area contributed by atoms with Gasteiger partial charge in [-0.05, 0) is 18.2 Å². The molecular weight excluding hydrogens is 386 g/mol. The van der Waals surface area contributed by atoms with Crippen LogP contribution in [0.1, 0.15) is 5.01 Å². The Labute approximate surface area is 162 Å². The van der Waals surface area contributed by atoms with E-state index in [-0.39, 0.29) is 31.1 Å². The van der Waals surface area contributed by atoms with Crippen molar-refractivity contribution < 1.29 is 24.0 Å². The van der Waals surface area contributed by atoms with Gasteiger partial charge in [-0.3, -0.25) is 24.6 Å². The molecule has 0 fully saturated rings. The number of amides is 1. The molecule has 0 atom stereocenters. The van der Waals surface area contributed by atoms with Crippen molar-refractivity contribution in [3.8, 4) is 5.75 Å². The van der Waals surface area contributed by atoms with E-state index >= 15 is 0 Å². The zero-order valence-corrected chi connectivity index (χ0v) is 15.2. The molecule has 28 heavy (non-hydrogen) atoms. The van der Waals surface area contributed by atoms with E-state index in [0.29, 0.717) is 10.8 Å². The summed E-state index contributed by atoms with van der Waals surface area (Å²) in [4.78, 5) is 40.4. The maximum atomic E-state index is 12.3. The maximum absolute atomic E-state index is 12.3. The first kappa shape index (κ1) is 17.9. The molecule has 0 saturated heterocycles. The fourth-order valence-corrected chi connectivity index (χ4v) is 3.66. The average Bonchev–Trinajstić information content (AvgIpc) is 3.11. The Kier molecular flexibility index (Phi) is 4.62. The van der Waals surface area contributed by atoms with Crippen molar-refractivity contribution in [2.24, 2.45) is 0 Å². The fourth-order valence-electron chi connectivity index (χ4n) is 2.78. The first-order chi connectivity index (χ1) is 13.5. The number of hydrogen-bond acceptors (Lipinski definition) is 8. The molecule has 0 saturated carbocycles. The van der Waals surface area contributed by atoms with Crippen LogP contribution in [0.4, 0.5) is 11.4 Å². The topological polar surface area (TPSA) is 112 Å². The van der Waals surface area contributed by atoms with E-state index in [0.717, 1.165) is 15.1 Å². The Morgan fingerprint density at radius 2 is 2.14 bits per heavy atom. The molecule has 10 heteroatoms. The number of nitro groups is 1. The van der Waals surface area contributed by atoms with Crippen LogP contribution in [0.15, 0.2) is 42.5 Å². The fraction of sp³-hybridized carbons (Fsp3) is 0.167. The van der Waals surface area contributed by atoms with Gasteiger partial charge in [0, 0.05) is 12.1 Å². The van der Waals surface area contributed by atoms with Crippen LogP contribution in [-0.2, 0) is 20.9 Å². The zero-order chi connectivity index (χ0) is 19.7. The number of non-ortho nitro benzene ring substituents is 1. The molecule has 1 amide bonds. The van der Waals surface area contributed by atoms with E-state index in [2.05, 4.69) is 4.98 Å². The Hall–Kier alpha value is -3.53. The molecule has 9 nitrogen and oxygen atoms in total. The number of nitro benzene ring substituents is 1. The SMILES string of the molecule is O=C(CN1C(=O)COc2ccc([N+](=O)[O-])cc21)OCc1nc2ccccc2s1. The van der Waals surface area contributed by atoms with Crippen LogP contribution >= 0.6 is 11.3 Å². The monoisotopic (exact) mass is 399 g/mol. The van der Waals surface area contributed by atoms with Crippen molar-refractivity contribution in [3.63, 3.8) is 0 Å². The van der Waals surface area contributed by atoms with Gasteiger partial charge >= 0.3 is 5.97 Å². The van der Waals surface area contributed by atoms with Crippen molar-refractivity contribution >= 4 is 44.8 Å². The predicted octanol–water partition coefficient (Wildman–Crippen LogP) is 2.67. The number of anilines is 1. The highest BCUT2D eigenvalue weighted by Crippen LogP contribution is 2.35. The highest BCUT2D eigenvalue weighted by molar-refractivity contribution is 7.18. The molecule has 2 aromatic carbocycles. The number of hydrogen-bond donors (Lipinski definition) is 0. The van der Waals surface area contributed by atoms with Crippen LogP contribution in [0.5, 0.6) is 5.75 Å². The standard InChI is InChI=1S/C18H13N3O6S/c22-17-10-26-14-6-5-11(21(24)25)7-13(14)20(17)8-18(23)27-9-16-19-12-3-1-2-4-15(12)28-16/h1-7H,8-10H2. The normalized spacial score (nSPS) is 13.1. The molecule has 2 heterocycles. The molecule has 0 radical (unpaired) electrons. The van der Waals surface area contributed by atoms with Crippen molar-refractivity contribution in [2.45, 2.75) is 6.61 Å². The summed E-state index contributed by atoms with van der Waals surface area (Å²) < 4.78 is 11.5. The number of nitrogens with zero attached hydrogens (tertiary/aromatic N) is 3. The van der Waals surface area contributed by atoms with Crippen LogP contribution in [0.2, 0.25) is 0 Å². The first-order valence-electron chi connectivity index (χ1n) is 8.23. The summed E-state index contributed by atoms with van der Waals surface area (Å²) in [6, 6.07) is 11.4. The van der Waals surface area contributed by atoms with Crippen LogP contribution in [0.3, 0.4) is 0 Å². The Morgan fingerprint density at radius 3 is 2.93 bits per heavy atom. The van der Waals surface area contributed by atoms with Crippen molar-refractivity contribution in [2.75, 3.05) is 18.1 Å². The van der Waals surface area contributed by atoms with Crippen LogP contribution < -0.4 is 9.64 Å². The number of ether oxygens (including phenoxy) is 2. The van der Waals surface area contributed by atoms with Gasteiger partial charge in [-0.15, -0.1) is 11.3 Å². The largest absolute Gasteiger partial charge is 0.482 e. The number of benzene rings is 2. The highest BCUT2D eigenvalue weighted by atomic mass is 32.1. The second-order valence-corrected chi connectivity index (χ2v) is 7.03. The molecule has 1 aliphatic rings. The lowest BCUT2D eigenvalue weighted by atomic mass is 10.2. The molecule has 0 spiro atoms. The smallest absolute Gasteiger partial charge is 0.326 e. The average molecular weight is 399 g/mol. The number of thiazole rings is 1. The van der Waals surface area contributed by atoms with Crippen LogP contribution in [-0.4, -0.2) is 34.9 Å². The molecular formula is C18H13N3O6S. The summed E-state index contributed by atoms with van der Waals surface area (Å²) in [5.41, 5.74) is 0.787. The third-order valence-corrected chi connectivity index (χ3v) is 5.09. The summed E-state index contributed by atoms with van der Waals surface area (Å²) in [6.07, 6.45) is 0. The number of carbonyl (C=O) groups is 2. The Balaban J connectivity index is 1.47. The molecule has 3 aromatic rings. The van der Waals surface area contributed by atoms with E-state index in [1.54, 1.807) is 0 Å². The van der Waals surface area contributed by atoms with E-state index in [4.69, 9.17) is 9.47 Å². The number of fused-ring (bicyclic) bond motifs is 2. The molecule has 0 bridgehead atoms. The molecule has 0 unspecified atom stereocenters. The molecule has 4 rings (SSSR count). The zero-order valence-electron chi connectivity index (χ0n) is 14.4. The van der Waals surface area contributed by atoms with Gasteiger partial charge < -0.3 is 9.47 Å². The van der Waals surface area contributed by atoms with E-state index in [1.165, 1.54) is 29.5 Å². The van der Waals surface area contributed by atoms with E-state index in [1.807, 2.05) is 24.3 Å². The lowest BCUT2D eigenvalue weighted by Crippen LogP contribution is -2.42. The second kappa shape index (κ2) is 7.24. The molecule has 1 aliphatic heterocycles. The van der Waals surface area contributed by atoms with Gasteiger partial charge in [0.2, 0.25) is 0 Å². The lowest BCUT2D eigenvalue weighted by molar-refractivity contribution is -0.384. The minimum Gasteiger partial charge on any atom is -0.482 e. The van der Waals surface area contributed by atoms with Crippen LogP contribution in [0, 0.1) is 10.1 Å². The minimum atomic E-state index is -0.646. The third-order valence-electron chi connectivity index (χ3n) is 4.08. The van der Waals surface area contributed by atoms with E-state index < -0.39 is 16.8 Å². The Morgan fingerprint density at radius 1 is 1.32 bits per heavy atom. The lowest BCUT2D eigenvalue weighted by Gasteiger charge is -2.28. The minimum absolute atomic E-state index is 0.0154. The van der Waals surface area contributed by atoms with Gasteiger partial charge in [0.1, 0.15) is 23.9 Å². The summed E-state index contributed by atoms with van der Waals surface area (Å²) in [6.45, 7) is -0.643. The Bertz CT molecular complexity index is 1060. The number of esters is 1. The number of carbonyl (C=O) groups excluding carboxylic acids is 2. The van der Waals surface area contributed by atoms with E-state index in [9.17, 15) is 19.7 Å². The first-order valence-corrected chi connectivity index (χ1v) is 9.04. The van der Waals surface area contributed by atoms with Gasteiger partial charge in [0.05, 0.1) is 20.8 Å². The van der Waals surface area contributed by atoms with Crippen LogP contribution in [0.25, 0.3) is 10.2 Å². The molecule has 0 aliphatic carbocycles. The number of rotatable bonds is 5. The van der Waals surface area contributed by atoms with Gasteiger partial charge in [0.25, 0.3) is 11.6 Å². The highest BCUT2D eigenvalue weighted by Gasteiger charge is 2.29. The summed E-state index contributed by atoms with van der Waals surface area (Å²) in [5.74, 6) is -0.832. The van der Waals surface area contributed by atoms with Gasteiger partial charge in [-0.1, -0.05) is 12.1 Å². The molecule has 142 valence electrons. The van der Waals surface area contributed by atoms with Gasteiger partial charge in [-0.25, -0.2) is 4.98 Å². The molecule has 0 N–H and O–H groups in total. The quantitative estimate of drug-likeness (QED) is 0.368. The summed E-state index contributed by atoms with van der Waals surface area (Å²) in [7, 11) is 0. The third kappa shape index (κ3) is 3.49. The summed E-state index contributed by atoms with van der Waals surface area (Å²) >= 11 is 1.42. The van der Waals surface area contributed by atoms with Gasteiger partial charge in [-0.2, -0.15) is 0 Å². The summed E-state index contributed by atoms with van der Waals surface area (Å²) in [5, 5.41) is 11.6. The van der Waals surface area contributed by atoms with Gasteiger partial charge in [0.15, 0.2) is 6.61 Å². The van der Waals surface area contributed by atoms with Crippen molar-refractivity contribution in [3.05, 3.63) is 57.6 Å². The number of aromatic nitrogens is 1.